The van der Waals surface area contributed by atoms with Crippen molar-refractivity contribution in [3.05, 3.63) is 46.6 Å². The Balaban J connectivity index is 1.70. The van der Waals surface area contributed by atoms with Crippen molar-refractivity contribution in [1.82, 2.24) is 10.2 Å². The molecule has 3 aromatic rings. The van der Waals surface area contributed by atoms with Crippen LogP contribution in [0.15, 0.2) is 43.8 Å². The summed E-state index contributed by atoms with van der Waals surface area (Å²) in [7, 11) is 0. The number of carbonyl (C=O) groups is 1. The molecule has 7 nitrogen and oxygen atoms in total. The summed E-state index contributed by atoms with van der Waals surface area (Å²) < 4.78 is 37.7. The topological polar surface area (TPSA) is 93.2 Å². The van der Waals surface area contributed by atoms with Crippen molar-refractivity contribution in [3.8, 4) is 11.7 Å². The highest BCUT2D eigenvalue weighted by molar-refractivity contribution is 9.10. The molecule has 0 bridgehead atoms. The number of benzene rings is 1. The highest BCUT2D eigenvalue weighted by Gasteiger charge is 2.16. The molecule has 0 saturated carbocycles. The fourth-order valence-corrected chi connectivity index (χ4v) is 1.97. The largest absolute Gasteiger partial charge is 0.444 e. The van der Waals surface area contributed by atoms with Crippen LogP contribution < -0.4 is 10.6 Å². The van der Waals surface area contributed by atoms with Crippen molar-refractivity contribution < 1.29 is 22.4 Å². The lowest BCUT2D eigenvalue weighted by atomic mass is 10.3. The van der Waals surface area contributed by atoms with E-state index in [1.165, 1.54) is 6.07 Å². The molecule has 118 valence electrons. The van der Waals surface area contributed by atoms with E-state index in [0.29, 0.717) is 4.67 Å². The Hall–Kier alpha value is -2.75. The smallest absolute Gasteiger partial charge is 0.327 e. The number of urea groups is 1. The van der Waals surface area contributed by atoms with E-state index in [1.807, 2.05) is 5.32 Å². The molecule has 0 spiro atoms. The number of aromatic nitrogens is 2. The predicted molar refractivity (Wildman–Crippen MR) is 78.7 cm³/mol. The van der Waals surface area contributed by atoms with Gasteiger partial charge in [0.05, 0.1) is 0 Å². The molecule has 3 rings (SSSR count). The highest BCUT2D eigenvalue weighted by atomic mass is 79.9. The van der Waals surface area contributed by atoms with Crippen LogP contribution >= 0.6 is 15.9 Å². The van der Waals surface area contributed by atoms with Gasteiger partial charge in [-0.2, -0.15) is 0 Å². The highest BCUT2D eigenvalue weighted by Crippen LogP contribution is 2.25. The molecule has 2 aromatic heterocycles. The van der Waals surface area contributed by atoms with Gasteiger partial charge in [-0.05, 0) is 40.2 Å². The Morgan fingerprint density at radius 2 is 1.78 bits per heavy atom. The number of nitrogens with one attached hydrogen (secondary N) is 2. The molecule has 2 N–H and O–H groups in total. The second-order valence-corrected chi connectivity index (χ2v) is 4.97. The van der Waals surface area contributed by atoms with Crippen molar-refractivity contribution in [1.29, 1.82) is 0 Å². The first-order chi connectivity index (χ1) is 11.0. The molecule has 10 heteroatoms. The summed E-state index contributed by atoms with van der Waals surface area (Å²) in [6.07, 6.45) is 0. The van der Waals surface area contributed by atoms with Crippen LogP contribution in [0.2, 0.25) is 0 Å². The van der Waals surface area contributed by atoms with Gasteiger partial charge in [0.15, 0.2) is 10.4 Å². The van der Waals surface area contributed by atoms with Crippen LogP contribution in [0.5, 0.6) is 0 Å². The molecule has 2 amide bonds. The zero-order valence-electron chi connectivity index (χ0n) is 11.1. The van der Waals surface area contributed by atoms with E-state index < -0.39 is 23.4 Å². The molecular weight excluding hydrogens is 378 g/mol. The lowest BCUT2D eigenvalue weighted by Crippen LogP contribution is -2.21. The third-order valence-corrected chi connectivity index (χ3v) is 3.06. The molecule has 0 radical (unpaired) electrons. The number of halogens is 3. The van der Waals surface area contributed by atoms with Gasteiger partial charge in [0.25, 0.3) is 5.89 Å². The molecule has 1 aromatic carbocycles. The normalized spacial score (nSPS) is 10.6. The number of rotatable bonds is 3. The van der Waals surface area contributed by atoms with E-state index in [-0.39, 0.29) is 17.7 Å². The van der Waals surface area contributed by atoms with Crippen LogP contribution in [0.1, 0.15) is 0 Å². The van der Waals surface area contributed by atoms with Crippen LogP contribution in [0, 0.1) is 11.6 Å². The van der Waals surface area contributed by atoms with Crippen molar-refractivity contribution in [2.45, 2.75) is 0 Å². The minimum Gasteiger partial charge on any atom is -0.444 e. The molecule has 2 heterocycles. The van der Waals surface area contributed by atoms with E-state index in [2.05, 4.69) is 31.4 Å². The molecular formula is C13H7BrF2N4O3. The second-order valence-electron chi connectivity index (χ2n) is 4.19. The van der Waals surface area contributed by atoms with Gasteiger partial charge in [-0.1, -0.05) is 11.2 Å². The quantitative estimate of drug-likeness (QED) is 0.711. The van der Waals surface area contributed by atoms with Crippen LogP contribution in [0.4, 0.5) is 25.3 Å². The number of para-hydroxylation sites is 1. The summed E-state index contributed by atoms with van der Waals surface area (Å²) in [6.45, 7) is 0. The Bertz CT molecular complexity index is 844. The molecule has 0 atom stereocenters. The number of nitrogens with zero attached hydrogens (tertiary/aromatic N) is 2. The van der Waals surface area contributed by atoms with E-state index in [4.69, 9.17) is 8.83 Å². The van der Waals surface area contributed by atoms with Crippen LogP contribution in [0.25, 0.3) is 11.7 Å². The minimum absolute atomic E-state index is 0.0306. The predicted octanol–water partition coefficient (Wildman–Crippen LogP) is 4.01. The number of furan rings is 1. The van der Waals surface area contributed by atoms with Gasteiger partial charge in [-0.25, -0.2) is 13.6 Å². The maximum Gasteiger partial charge on any atom is 0.327 e. The van der Waals surface area contributed by atoms with Crippen molar-refractivity contribution in [2.75, 3.05) is 10.6 Å². The first-order valence-electron chi connectivity index (χ1n) is 6.14. The number of carbonyl (C=O) groups excluding carboxylic acids is 1. The van der Waals surface area contributed by atoms with Gasteiger partial charge in [-0.15, -0.1) is 5.10 Å². The van der Waals surface area contributed by atoms with Gasteiger partial charge >= 0.3 is 12.0 Å². The Morgan fingerprint density at radius 3 is 2.43 bits per heavy atom. The zero-order chi connectivity index (χ0) is 16.4. The van der Waals surface area contributed by atoms with Gasteiger partial charge in [0.1, 0.15) is 17.3 Å². The average Bonchev–Trinajstić information content (AvgIpc) is 3.12. The summed E-state index contributed by atoms with van der Waals surface area (Å²) in [5, 5.41) is 11.4. The maximum atomic E-state index is 13.4. The molecule has 0 aliphatic carbocycles. The minimum atomic E-state index is -0.940. The lowest BCUT2D eigenvalue weighted by molar-refractivity contribution is 0.261. The average molecular weight is 385 g/mol. The third kappa shape index (κ3) is 3.37. The summed E-state index contributed by atoms with van der Waals surface area (Å²) in [4.78, 5) is 11.7. The van der Waals surface area contributed by atoms with E-state index in [1.54, 1.807) is 12.1 Å². The van der Waals surface area contributed by atoms with Crippen LogP contribution in [-0.4, -0.2) is 16.2 Å². The fraction of sp³-hybridized carbons (Fsp3) is 0. The van der Waals surface area contributed by atoms with Gasteiger partial charge < -0.3 is 14.2 Å². The molecule has 0 fully saturated rings. The van der Waals surface area contributed by atoms with Crippen LogP contribution in [0.3, 0.4) is 0 Å². The molecule has 0 aliphatic heterocycles. The van der Waals surface area contributed by atoms with Crippen molar-refractivity contribution in [2.24, 2.45) is 0 Å². The monoisotopic (exact) mass is 384 g/mol. The lowest BCUT2D eigenvalue weighted by Gasteiger charge is -2.06. The summed E-state index contributed by atoms with van der Waals surface area (Å²) >= 11 is 3.12. The third-order valence-electron chi connectivity index (χ3n) is 2.63. The van der Waals surface area contributed by atoms with Gasteiger partial charge in [0.2, 0.25) is 0 Å². The number of anilines is 2. The Kier molecular flexibility index (Phi) is 4.06. The van der Waals surface area contributed by atoms with E-state index in [9.17, 15) is 13.6 Å². The number of amides is 2. The SMILES string of the molecule is O=C(Nc1nnc(-c2ccc(Br)o2)o1)Nc1c(F)cccc1F. The first-order valence-corrected chi connectivity index (χ1v) is 6.93. The zero-order valence-corrected chi connectivity index (χ0v) is 12.7. The molecule has 23 heavy (non-hydrogen) atoms. The van der Waals surface area contributed by atoms with Gasteiger partial charge in [-0.3, -0.25) is 5.32 Å². The van der Waals surface area contributed by atoms with Crippen LogP contribution in [-0.2, 0) is 0 Å². The van der Waals surface area contributed by atoms with Crippen molar-refractivity contribution >= 4 is 33.7 Å². The fourth-order valence-electron chi connectivity index (χ4n) is 1.66. The summed E-state index contributed by atoms with van der Waals surface area (Å²) in [6, 6.07) is 5.21. The van der Waals surface area contributed by atoms with Crippen molar-refractivity contribution in [3.63, 3.8) is 0 Å². The van der Waals surface area contributed by atoms with E-state index >= 15 is 0 Å². The molecule has 0 aliphatic rings. The molecule has 0 unspecified atom stereocenters. The summed E-state index contributed by atoms with van der Waals surface area (Å²) in [5.41, 5.74) is -0.584. The Labute approximate surface area is 135 Å². The Morgan fingerprint density at radius 1 is 1.04 bits per heavy atom. The summed E-state index contributed by atoms with van der Waals surface area (Å²) in [5.74, 6) is -1.50. The number of hydrogen-bond acceptors (Lipinski definition) is 5. The van der Waals surface area contributed by atoms with E-state index in [0.717, 1.165) is 12.1 Å². The maximum absolute atomic E-state index is 13.4. The first kappa shape index (κ1) is 15.2. The standard InChI is InChI=1S/C13H7BrF2N4O3/c14-9-5-4-8(22-9)11-19-20-13(23-11)18-12(21)17-10-6(15)2-1-3-7(10)16/h1-5H,(H2,17,18,20,21). The second kappa shape index (κ2) is 6.16. The molecule has 0 saturated heterocycles. The number of hydrogen-bond donors (Lipinski definition) is 2. The van der Waals surface area contributed by atoms with Gasteiger partial charge in [0, 0.05) is 0 Å².